The first-order chi connectivity index (χ1) is 16.9. The number of halogens is 1. The van der Waals surface area contributed by atoms with Crippen LogP contribution in [0.4, 0.5) is 4.39 Å². The van der Waals surface area contributed by atoms with Crippen LogP contribution in [0.5, 0.6) is 0 Å². The molecule has 8 heteroatoms. The first kappa shape index (κ1) is 23.8. The summed E-state index contributed by atoms with van der Waals surface area (Å²) >= 11 is 0. The van der Waals surface area contributed by atoms with Gasteiger partial charge >= 0.3 is 0 Å². The molecule has 0 radical (unpaired) electrons. The van der Waals surface area contributed by atoms with Gasteiger partial charge in [0.25, 0.3) is 5.91 Å². The topological polar surface area (TPSA) is 88.3 Å². The van der Waals surface area contributed by atoms with E-state index in [0.29, 0.717) is 29.5 Å². The number of aromatic nitrogens is 2. The maximum Gasteiger partial charge on any atom is 0.254 e. The van der Waals surface area contributed by atoms with Crippen LogP contribution in [0.2, 0.25) is 0 Å². The quantitative estimate of drug-likeness (QED) is 0.404. The zero-order valence-corrected chi connectivity index (χ0v) is 19.5. The van der Waals surface area contributed by atoms with Gasteiger partial charge in [0, 0.05) is 29.8 Å². The van der Waals surface area contributed by atoms with E-state index >= 15 is 0 Å². The van der Waals surface area contributed by atoms with Crippen molar-refractivity contribution in [3.05, 3.63) is 95.3 Å². The van der Waals surface area contributed by atoms with Gasteiger partial charge in [0.05, 0.1) is 6.54 Å². The number of benzene rings is 3. The first-order valence-electron chi connectivity index (χ1n) is 11.2. The van der Waals surface area contributed by atoms with Crippen molar-refractivity contribution in [2.24, 2.45) is 0 Å². The Morgan fingerprint density at radius 1 is 0.886 bits per heavy atom. The molecule has 1 N–H and O–H groups in total. The molecule has 4 aromatic rings. The van der Waals surface area contributed by atoms with E-state index in [1.165, 1.54) is 17.0 Å². The minimum atomic E-state index is -0.334. The van der Waals surface area contributed by atoms with E-state index in [0.717, 1.165) is 16.7 Å². The van der Waals surface area contributed by atoms with E-state index in [2.05, 4.69) is 15.5 Å². The van der Waals surface area contributed by atoms with E-state index in [-0.39, 0.29) is 30.7 Å². The third kappa shape index (κ3) is 5.97. The number of carbonyl (C=O) groups is 2. The molecule has 4 rings (SSSR count). The normalized spacial score (nSPS) is 10.7. The molecule has 0 atom stereocenters. The molecule has 0 aliphatic rings. The Kier molecular flexibility index (Phi) is 7.30. The molecule has 0 aliphatic carbocycles. The van der Waals surface area contributed by atoms with Crippen molar-refractivity contribution in [1.82, 2.24) is 20.4 Å². The second kappa shape index (κ2) is 10.7. The van der Waals surface area contributed by atoms with Crippen molar-refractivity contribution >= 4 is 11.8 Å². The predicted molar refractivity (Wildman–Crippen MR) is 130 cm³/mol. The van der Waals surface area contributed by atoms with Gasteiger partial charge in [-0.1, -0.05) is 29.8 Å². The van der Waals surface area contributed by atoms with Crippen molar-refractivity contribution in [1.29, 1.82) is 0 Å². The number of hydrogen-bond acceptors (Lipinski definition) is 5. The number of carbonyl (C=O) groups excluding carboxylic acids is 2. The SMILES string of the molecule is CCN(CC(=O)NCc1ccc(F)cc1)C(=O)c1ccc(-c2nnc(-c3ccc(C)cc3)o2)cc1. The first-order valence-corrected chi connectivity index (χ1v) is 11.2. The van der Waals surface area contributed by atoms with Crippen LogP contribution in [0, 0.1) is 12.7 Å². The Labute approximate surface area is 202 Å². The maximum atomic E-state index is 13.0. The van der Waals surface area contributed by atoms with Crippen LogP contribution >= 0.6 is 0 Å². The highest BCUT2D eigenvalue weighted by atomic mass is 19.1. The number of nitrogens with one attached hydrogen (secondary N) is 1. The minimum absolute atomic E-state index is 0.0815. The maximum absolute atomic E-state index is 13.0. The van der Waals surface area contributed by atoms with Crippen LogP contribution in [-0.4, -0.2) is 40.0 Å². The molecule has 0 fully saturated rings. The van der Waals surface area contributed by atoms with Crippen molar-refractivity contribution in [3.8, 4) is 22.9 Å². The molecule has 7 nitrogen and oxygen atoms in total. The molecular formula is C27H25FN4O3. The van der Waals surface area contributed by atoms with E-state index in [1.807, 2.05) is 38.1 Å². The van der Waals surface area contributed by atoms with Gasteiger partial charge < -0.3 is 14.6 Å². The van der Waals surface area contributed by atoms with Gasteiger partial charge in [0.1, 0.15) is 5.82 Å². The number of aryl methyl sites for hydroxylation is 1. The fourth-order valence-electron chi connectivity index (χ4n) is 3.45. The second-order valence-electron chi connectivity index (χ2n) is 8.08. The molecule has 3 aromatic carbocycles. The fourth-order valence-corrected chi connectivity index (χ4v) is 3.45. The monoisotopic (exact) mass is 472 g/mol. The average molecular weight is 473 g/mol. The van der Waals surface area contributed by atoms with Crippen molar-refractivity contribution in [2.45, 2.75) is 20.4 Å². The Morgan fingerprint density at radius 2 is 1.46 bits per heavy atom. The Hall–Kier alpha value is -4.33. The highest BCUT2D eigenvalue weighted by Crippen LogP contribution is 2.24. The lowest BCUT2D eigenvalue weighted by atomic mass is 10.1. The van der Waals surface area contributed by atoms with E-state index in [9.17, 15) is 14.0 Å². The highest BCUT2D eigenvalue weighted by molar-refractivity contribution is 5.96. The molecule has 0 bridgehead atoms. The molecule has 1 heterocycles. The summed E-state index contributed by atoms with van der Waals surface area (Å²) in [4.78, 5) is 26.8. The Morgan fingerprint density at radius 3 is 2.03 bits per heavy atom. The lowest BCUT2D eigenvalue weighted by Gasteiger charge is -2.20. The summed E-state index contributed by atoms with van der Waals surface area (Å²) in [6.07, 6.45) is 0. The second-order valence-corrected chi connectivity index (χ2v) is 8.08. The largest absolute Gasteiger partial charge is 0.416 e. The van der Waals surface area contributed by atoms with Gasteiger partial charge in [-0.2, -0.15) is 0 Å². The highest BCUT2D eigenvalue weighted by Gasteiger charge is 2.18. The number of hydrogen-bond donors (Lipinski definition) is 1. The Bertz CT molecular complexity index is 1300. The zero-order valence-electron chi connectivity index (χ0n) is 19.5. The van der Waals surface area contributed by atoms with E-state index in [1.54, 1.807) is 36.4 Å². The number of nitrogens with zero attached hydrogens (tertiary/aromatic N) is 3. The summed E-state index contributed by atoms with van der Waals surface area (Å²) in [7, 11) is 0. The third-order valence-corrected chi connectivity index (χ3v) is 5.51. The van der Waals surface area contributed by atoms with Crippen LogP contribution in [-0.2, 0) is 11.3 Å². The molecule has 2 amide bonds. The van der Waals surface area contributed by atoms with Gasteiger partial charge in [0.2, 0.25) is 17.7 Å². The fraction of sp³-hybridized carbons (Fsp3) is 0.185. The van der Waals surface area contributed by atoms with Crippen molar-refractivity contribution < 1.29 is 18.4 Å². The van der Waals surface area contributed by atoms with Crippen LogP contribution < -0.4 is 5.32 Å². The summed E-state index contributed by atoms with van der Waals surface area (Å²) in [5.74, 6) is -0.117. The molecule has 0 saturated carbocycles. The Balaban J connectivity index is 1.37. The average Bonchev–Trinajstić information content (AvgIpc) is 3.37. The molecule has 178 valence electrons. The standard InChI is InChI=1S/C27H25FN4O3/c1-3-32(17-24(33)29-16-19-6-14-23(28)15-7-19)27(34)22-12-10-21(11-13-22)26-31-30-25(35-26)20-8-4-18(2)5-9-20/h4-15H,3,16-17H2,1-2H3,(H,29,33). The van der Waals surface area contributed by atoms with Gasteiger partial charge in [0.15, 0.2) is 0 Å². The number of likely N-dealkylation sites (N-methyl/N-ethyl adjacent to an activating group) is 1. The third-order valence-electron chi connectivity index (χ3n) is 5.51. The van der Waals surface area contributed by atoms with Crippen LogP contribution in [0.3, 0.4) is 0 Å². The van der Waals surface area contributed by atoms with Crippen LogP contribution in [0.25, 0.3) is 22.9 Å². The summed E-state index contributed by atoms with van der Waals surface area (Å²) in [6.45, 7) is 4.36. The molecule has 35 heavy (non-hydrogen) atoms. The minimum Gasteiger partial charge on any atom is -0.416 e. The summed E-state index contributed by atoms with van der Waals surface area (Å²) in [6, 6.07) is 20.5. The molecule has 0 saturated heterocycles. The van der Waals surface area contributed by atoms with E-state index < -0.39 is 0 Å². The zero-order chi connectivity index (χ0) is 24.8. The summed E-state index contributed by atoms with van der Waals surface area (Å²) in [5, 5.41) is 11.0. The van der Waals surface area contributed by atoms with Gasteiger partial charge in [-0.15, -0.1) is 10.2 Å². The van der Waals surface area contributed by atoms with Gasteiger partial charge in [-0.3, -0.25) is 9.59 Å². The molecule has 0 spiro atoms. The molecule has 1 aromatic heterocycles. The lowest BCUT2D eigenvalue weighted by Crippen LogP contribution is -2.40. The molecule has 0 unspecified atom stereocenters. The van der Waals surface area contributed by atoms with Crippen molar-refractivity contribution in [3.63, 3.8) is 0 Å². The van der Waals surface area contributed by atoms with Crippen molar-refractivity contribution in [2.75, 3.05) is 13.1 Å². The van der Waals surface area contributed by atoms with Gasteiger partial charge in [-0.25, -0.2) is 4.39 Å². The summed E-state index contributed by atoms with van der Waals surface area (Å²) in [5.41, 5.74) is 3.88. The van der Waals surface area contributed by atoms with Crippen LogP contribution in [0.1, 0.15) is 28.4 Å². The lowest BCUT2D eigenvalue weighted by molar-refractivity contribution is -0.121. The van der Waals surface area contributed by atoms with E-state index in [4.69, 9.17) is 4.42 Å². The number of rotatable bonds is 8. The smallest absolute Gasteiger partial charge is 0.254 e. The van der Waals surface area contributed by atoms with Crippen LogP contribution in [0.15, 0.2) is 77.2 Å². The molecular weight excluding hydrogens is 447 g/mol. The number of amides is 2. The predicted octanol–water partition coefficient (Wildman–Crippen LogP) is 4.63. The van der Waals surface area contributed by atoms with Gasteiger partial charge in [-0.05, 0) is 67.9 Å². The summed E-state index contributed by atoms with van der Waals surface area (Å²) < 4.78 is 18.8. The molecule has 0 aliphatic heterocycles.